The average Bonchev–Trinajstić information content (AvgIpc) is 2.38. The van der Waals surface area contributed by atoms with E-state index in [2.05, 4.69) is 11.2 Å². The number of aryl methyl sites for hydroxylation is 1. The molecule has 0 saturated heterocycles. The highest BCUT2D eigenvalue weighted by Crippen LogP contribution is 2.20. The molecule has 2 aromatic rings. The minimum absolute atomic E-state index is 0.308. The van der Waals surface area contributed by atoms with Crippen LogP contribution in [0.1, 0.15) is 21.5 Å². The van der Waals surface area contributed by atoms with Crippen LogP contribution in [0.15, 0.2) is 42.5 Å². The minimum Gasteiger partial charge on any atom is -0.478 e. The maximum absolute atomic E-state index is 10.9. The van der Waals surface area contributed by atoms with Crippen LogP contribution in [0.4, 0.5) is 11.4 Å². The van der Waals surface area contributed by atoms with E-state index in [-0.39, 0.29) is 0 Å². The molecule has 3 nitrogen and oxygen atoms in total. The van der Waals surface area contributed by atoms with Gasteiger partial charge in [-0.1, -0.05) is 12.0 Å². The van der Waals surface area contributed by atoms with E-state index in [0.717, 1.165) is 16.9 Å². The topological polar surface area (TPSA) is 49.3 Å². The largest absolute Gasteiger partial charge is 0.478 e. The SMILES string of the molecule is C#Cc1cccc(Nc2ccc(C(=O)O)c(C)c2)c1. The molecule has 94 valence electrons. The third-order valence-corrected chi connectivity index (χ3v) is 2.77. The van der Waals surface area contributed by atoms with Gasteiger partial charge in [0.1, 0.15) is 0 Å². The lowest BCUT2D eigenvalue weighted by atomic mass is 10.1. The van der Waals surface area contributed by atoms with E-state index in [1.54, 1.807) is 25.1 Å². The zero-order valence-electron chi connectivity index (χ0n) is 10.5. The lowest BCUT2D eigenvalue weighted by Gasteiger charge is -2.09. The number of hydrogen-bond acceptors (Lipinski definition) is 2. The Balaban J connectivity index is 2.26. The first-order chi connectivity index (χ1) is 9.10. The Hall–Kier alpha value is -2.73. The Kier molecular flexibility index (Phi) is 3.53. The highest BCUT2D eigenvalue weighted by molar-refractivity contribution is 5.90. The number of aromatic carboxylic acids is 1. The summed E-state index contributed by atoms with van der Waals surface area (Å²) < 4.78 is 0. The van der Waals surface area contributed by atoms with Crippen molar-refractivity contribution >= 4 is 17.3 Å². The molecule has 2 N–H and O–H groups in total. The van der Waals surface area contributed by atoms with Gasteiger partial charge in [-0.15, -0.1) is 6.42 Å². The van der Waals surface area contributed by atoms with E-state index < -0.39 is 5.97 Å². The van der Waals surface area contributed by atoms with Crippen molar-refractivity contribution < 1.29 is 9.90 Å². The summed E-state index contributed by atoms with van der Waals surface area (Å²) >= 11 is 0. The van der Waals surface area contributed by atoms with Crippen LogP contribution in [0.5, 0.6) is 0 Å². The van der Waals surface area contributed by atoms with E-state index in [9.17, 15) is 4.79 Å². The molecule has 2 rings (SSSR count). The van der Waals surface area contributed by atoms with Crippen LogP contribution in [0.25, 0.3) is 0 Å². The molecule has 0 heterocycles. The summed E-state index contributed by atoms with van der Waals surface area (Å²) in [7, 11) is 0. The Morgan fingerprint density at radius 1 is 1.21 bits per heavy atom. The van der Waals surface area contributed by atoms with Gasteiger partial charge in [0.2, 0.25) is 0 Å². The van der Waals surface area contributed by atoms with Gasteiger partial charge in [0.15, 0.2) is 0 Å². The van der Waals surface area contributed by atoms with E-state index >= 15 is 0 Å². The Morgan fingerprint density at radius 3 is 2.58 bits per heavy atom. The summed E-state index contributed by atoms with van der Waals surface area (Å²) in [5, 5.41) is 12.2. The summed E-state index contributed by atoms with van der Waals surface area (Å²) in [6.45, 7) is 1.77. The lowest BCUT2D eigenvalue weighted by Crippen LogP contribution is -2.00. The number of benzene rings is 2. The van der Waals surface area contributed by atoms with Gasteiger partial charge in [-0.05, 0) is 48.9 Å². The molecule has 0 bridgehead atoms. The summed E-state index contributed by atoms with van der Waals surface area (Å²) in [6.07, 6.45) is 5.35. The molecule has 0 saturated carbocycles. The first-order valence-electron chi connectivity index (χ1n) is 5.78. The predicted molar refractivity (Wildman–Crippen MR) is 75.8 cm³/mol. The molecule has 0 radical (unpaired) electrons. The quantitative estimate of drug-likeness (QED) is 0.822. The van der Waals surface area contributed by atoms with Crippen LogP contribution in [0, 0.1) is 19.3 Å². The number of nitrogens with one attached hydrogen (secondary N) is 1. The molecule has 0 fully saturated rings. The molecule has 3 heteroatoms. The molecule has 0 aliphatic rings. The Morgan fingerprint density at radius 2 is 1.95 bits per heavy atom. The second-order valence-electron chi connectivity index (χ2n) is 4.18. The molecule has 0 atom stereocenters. The first-order valence-corrected chi connectivity index (χ1v) is 5.78. The number of anilines is 2. The van der Waals surface area contributed by atoms with Crippen LogP contribution in [0.2, 0.25) is 0 Å². The molecule has 2 aromatic carbocycles. The number of terminal acetylenes is 1. The fourth-order valence-electron chi connectivity index (χ4n) is 1.83. The maximum atomic E-state index is 10.9. The summed E-state index contributed by atoms with van der Waals surface area (Å²) in [5.41, 5.74) is 3.52. The van der Waals surface area contributed by atoms with Crippen molar-refractivity contribution in [3.8, 4) is 12.3 Å². The third kappa shape index (κ3) is 2.93. The van der Waals surface area contributed by atoms with E-state index in [4.69, 9.17) is 11.5 Å². The van der Waals surface area contributed by atoms with Crippen molar-refractivity contribution in [2.45, 2.75) is 6.92 Å². The fourth-order valence-corrected chi connectivity index (χ4v) is 1.83. The van der Waals surface area contributed by atoms with Crippen LogP contribution < -0.4 is 5.32 Å². The van der Waals surface area contributed by atoms with E-state index in [1.165, 1.54) is 0 Å². The fraction of sp³-hybridized carbons (Fsp3) is 0.0625. The lowest BCUT2D eigenvalue weighted by molar-refractivity contribution is 0.0696. The molecule has 0 aromatic heterocycles. The van der Waals surface area contributed by atoms with Crippen molar-refractivity contribution in [1.82, 2.24) is 0 Å². The molecular weight excluding hydrogens is 238 g/mol. The monoisotopic (exact) mass is 251 g/mol. The number of carbonyl (C=O) groups is 1. The Bertz CT molecular complexity index is 669. The minimum atomic E-state index is -0.918. The van der Waals surface area contributed by atoms with Gasteiger partial charge in [-0.3, -0.25) is 0 Å². The van der Waals surface area contributed by atoms with Gasteiger partial charge in [-0.2, -0.15) is 0 Å². The van der Waals surface area contributed by atoms with Crippen molar-refractivity contribution in [3.05, 3.63) is 59.2 Å². The third-order valence-electron chi connectivity index (χ3n) is 2.77. The normalized spacial score (nSPS) is 9.68. The number of hydrogen-bond donors (Lipinski definition) is 2. The second-order valence-corrected chi connectivity index (χ2v) is 4.18. The molecule has 0 aliphatic heterocycles. The molecule has 0 aliphatic carbocycles. The predicted octanol–water partition coefficient (Wildman–Crippen LogP) is 3.42. The molecular formula is C16H13NO2. The highest BCUT2D eigenvalue weighted by atomic mass is 16.4. The van der Waals surface area contributed by atoms with Gasteiger partial charge in [0, 0.05) is 16.9 Å². The number of carboxylic acid groups (broad SMARTS) is 1. The van der Waals surface area contributed by atoms with Crippen LogP contribution in [-0.4, -0.2) is 11.1 Å². The van der Waals surface area contributed by atoms with Gasteiger partial charge in [0.05, 0.1) is 5.56 Å². The zero-order chi connectivity index (χ0) is 13.8. The van der Waals surface area contributed by atoms with Crippen molar-refractivity contribution in [2.75, 3.05) is 5.32 Å². The zero-order valence-corrected chi connectivity index (χ0v) is 10.5. The summed E-state index contributed by atoms with van der Waals surface area (Å²) in [4.78, 5) is 10.9. The molecule has 0 amide bonds. The number of carboxylic acids is 1. The first kappa shape index (κ1) is 12.7. The van der Waals surface area contributed by atoms with Crippen molar-refractivity contribution in [2.24, 2.45) is 0 Å². The van der Waals surface area contributed by atoms with E-state index in [1.807, 2.05) is 24.3 Å². The smallest absolute Gasteiger partial charge is 0.335 e. The van der Waals surface area contributed by atoms with Crippen molar-refractivity contribution in [3.63, 3.8) is 0 Å². The van der Waals surface area contributed by atoms with Gasteiger partial charge >= 0.3 is 5.97 Å². The van der Waals surface area contributed by atoms with Crippen LogP contribution in [-0.2, 0) is 0 Å². The van der Waals surface area contributed by atoms with Crippen LogP contribution >= 0.6 is 0 Å². The van der Waals surface area contributed by atoms with Crippen molar-refractivity contribution in [1.29, 1.82) is 0 Å². The molecule has 19 heavy (non-hydrogen) atoms. The Labute approximate surface area is 111 Å². The standard InChI is InChI=1S/C16H13NO2/c1-3-12-5-4-6-13(10-12)17-14-7-8-15(16(18)19)11(2)9-14/h1,4-10,17H,2H3,(H,18,19). The number of rotatable bonds is 3. The van der Waals surface area contributed by atoms with Crippen LogP contribution in [0.3, 0.4) is 0 Å². The highest BCUT2D eigenvalue weighted by Gasteiger charge is 2.07. The van der Waals surface area contributed by atoms with Gasteiger partial charge in [-0.25, -0.2) is 4.79 Å². The maximum Gasteiger partial charge on any atom is 0.335 e. The summed E-state index contributed by atoms with van der Waals surface area (Å²) in [5.74, 6) is 1.65. The summed E-state index contributed by atoms with van der Waals surface area (Å²) in [6, 6.07) is 12.6. The van der Waals surface area contributed by atoms with Gasteiger partial charge < -0.3 is 10.4 Å². The molecule has 0 spiro atoms. The molecule has 0 unspecified atom stereocenters. The van der Waals surface area contributed by atoms with Gasteiger partial charge in [0.25, 0.3) is 0 Å². The average molecular weight is 251 g/mol. The van der Waals surface area contributed by atoms with E-state index in [0.29, 0.717) is 11.1 Å². The second kappa shape index (κ2) is 5.28.